The minimum atomic E-state index is 0.207. The van der Waals surface area contributed by atoms with Crippen molar-refractivity contribution in [3.8, 4) is 0 Å². The van der Waals surface area contributed by atoms with Gasteiger partial charge in [-0.3, -0.25) is 0 Å². The Hall–Kier alpha value is -0.930. The van der Waals surface area contributed by atoms with E-state index in [-0.39, 0.29) is 12.5 Å². The fourth-order valence-electron chi connectivity index (χ4n) is 1.22. The van der Waals surface area contributed by atoms with Crippen LogP contribution in [-0.2, 0) is 4.74 Å². The molecule has 3 nitrogen and oxygen atoms in total. The lowest BCUT2D eigenvalue weighted by molar-refractivity contribution is 0.0928. The molecule has 0 amide bonds. The Labute approximate surface area is 105 Å². The third-order valence-electron chi connectivity index (χ3n) is 2.36. The first kappa shape index (κ1) is 16.1. The Balaban J connectivity index is 0.000000557. The van der Waals surface area contributed by atoms with Crippen LogP contribution < -0.4 is 0 Å². The van der Waals surface area contributed by atoms with Gasteiger partial charge in [0.2, 0.25) is 0 Å². The number of nitrogens with zero attached hydrogens (tertiary/aromatic N) is 1. The molecule has 0 spiro atoms. The summed E-state index contributed by atoms with van der Waals surface area (Å²) < 4.78 is 5.46. The van der Waals surface area contributed by atoms with Crippen molar-refractivity contribution in [2.75, 3.05) is 26.9 Å². The zero-order valence-electron chi connectivity index (χ0n) is 11.2. The summed E-state index contributed by atoms with van der Waals surface area (Å²) in [4.78, 5) is 3.61. The van der Waals surface area contributed by atoms with Gasteiger partial charge in [0.15, 0.2) is 0 Å². The predicted octanol–water partition coefficient (Wildman–Crippen LogP) is 2.61. The van der Waals surface area contributed by atoms with E-state index in [0.717, 1.165) is 12.8 Å². The molecular formula is C14H25NO2. The zero-order chi connectivity index (χ0) is 12.9. The molecule has 0 saturated carbocycles. The van der Waals surface area contributed by atoms with Crippen LogP contribution in [0.25, 0.3) is 0 Å². The van der Waals surface area contributed by atoms with E-state index < -0.39 is 0 Å². The second-order valence-corrected chi connectivity index (χ2v) is 4.11. The second-order valence-electron chi connectivity index (χ2n) is 4.11. The van der Waals surface area contributed by atoms with Crippen molar-refractivity contribution in [2.45, 2.75) is 26.7 Å². The van der Waals surface area contributed by atoms with E-state index in [2.05, 4.69) is 23.2 Å². The molecule has 1 atom stereocenters. The second kappa shape index (κ2) is 11.6. The molecule has 3 heteroatoms. The molecule has 0 bridgehead atoms. The molecular weight excluding hydrogens is 214 g/mol. The van der Waals surface area contributed by atoms with Crippen LogP contribution in [-0.4, -0.2) is 38.2 Å². The van der Waals surface area contributed by atoms with Crippen molar-refractivity contribution in [3.63, 3.8) is 0 Å². The fraction of sp³-hybridized carbons (Fsp3) is 0.643. The number of hydrogen-bond acceptors (Lipinski definition) is 3. The van der Waals surface area contributed by atoms with Gasteiger partial charge in [-0.2, -0.15) is 0 Å². The first-order valence-corrected chi connectivity index (χ1v) is 6.14. The predicted molar refractivity (Wildman–Crippen MR) is 73.6 cm³/mol. The van der Waals surface area contributed by atoms with Gasteiger partial charge < -0.3 is 14.8 Å². The molecule has 17 heavy (non-hydrogen) atoms. The van der Waals surface area contributed by atoms with Gasteiger partial charge in [0.05, 0.1) is 13.2 Å². The van der Waals surface area contributed by atoms with Crippen LogP contribution in [0.2, 0.25) is 0 Å². The number of aliphatic imine (C=N–C) groups is 1. The van der Waals surface area contributed by atoms with E-state index >= 15 is 0 Å². The Bertz CT molecular complexity index is 253. The van der Waals surface area contributed by atoms with Crippen molar-refractivity contribution in [2.24, 2.45) is 10.9 Å². The first-order chi connectivity index (χ1) is 8.24. The lowest BCUT2D eigenvalue weighted by Crippen LogP contribution is -2.11. The minimum absolute atomic E-state index is 0.207. The average molecular weight is 239 g/mol. The van der Waals surface area contributed by atoms with Crippen LogP contribution in [0.5, 0.6) is 0 Å². The van der Waals surface area contributed by atoms with Gasteiger partial charge >= 0.3 is 0 Å². The monoisotopic (exact) mass is 239 g/mol. The molecule has 0 heterocycles. The fourth-order valence-corrected chi connectivity index (χ4v) is 1.22. The maximum absolute atomic E-state index is 8.77. The summed E-state index contributed by atoms with van der Waals surface area (Å²) >= 11 is 0. The van der Waals surface area contributed by atoms with Crippen molar-refractivity contribution in [3.05, 3.63) is 23.8 Å². The van der Waals surface area contributed by atoms with E-state index in [0.29, 0.717) is 13.2 Å². The molecule has 1 aliphatic rings. The van der Waals surface area contributed by atoms with E-state index in [1.807, 2.05) is 13.8 Å². The molecule has 0 radical (unpaired) electrons. The summed E-state index contributed by atoms with van der Waals surface area (Å²) in [6.07, 6.45) is 10.4. The molecule has 0 fully saturated rings. The standard InChI is InChI=1S/C11H18O2.C3H7N/c1-10(7-12)8-13-9-11-5-3-2-4-6-11;1-3-4-2/h2-3,5,10,12H,4,6-9H2,1H3;3H,1-2H3/t10-;/m0./s1. The van der Waals surface area contributed by atoms with Gasteiger partial charge in [0, 0.05) is 19.6 Å². The number of aliphatic hydroxyl groups is 1. The topological polar surface area (TPSA) is 41.8 Å². The Morgan fingerprint density at radius 3 is 2.76 bits per heavy atom. The van der Waals surface area contributed by atoms with Crippen molar-refractivity contribution >= 4 is 6.21 Å². The number of hydrogen-bond donors (Lipinski definition) is 1. The van der Waals surface area contributed by atoms with Crippen LogP contribution in [0.15, 0.2) is 28.8 Å². The number of allylic oxidation sites excluding steroid dienone is 3. The molecule has 0 aromatic heterocycles. The minimum Gasteiger partial charge on any atom is -0.396 e. The molecule has 1 rings (SSSR count). The quantitative estimate of drug-likeness (QED) is 0.749. The van der Waals surface area contributed by atoms with Gasteiger partial charge in [0.25, 0.3) is 0 Å². The van der Waals surface area contributed by atoms with E-state index in [9.17, 15) is 0 Å². The van der Waals surface area contributed by atoms with Crippen molar-refractivity contribution < 1.29 is 9.84 Å². The highest BCUT2D eigenvalue weighted by Gasteiger charge is 2.02. The largest absolute Gasteiger partial charge is 0.396 e. The summed E-state index contributed by atoms with van der Waals surface area (Å²) in [5.74, 6) is 0.250. The highest BCUT2D eigenvalue weighted by Crippen LogP contribution is 2.12. The molecule has 0 saturated heterocycles. The third kappa shape index (κ3) is 9.97. The molecule has 0 aromatic carbocycles. The van der Waals surface area contributed by atoms with Gasteiger partial charge in [0.1, 0.15) is 0 Å². The van der Waals surface area contributed by atoms with E-state index in [1.165, 1.54) is 5.57 Å². The Morgan fingerprint density at radius 2 is 2.29 bits per heavy atom. The summed E-state index contributed by atoms with van der Waals surface area (Å²) in [7, 11) is 1.75. The average Bonchev–Trinajstić information content (AvgIpc) is 2.40. The summed E-state index contributed by atoms with van der Waals surface area (Å²) in [6.45, 7) is 5.44. The lowest BCUT2D eigenvalue weighted by atomic mass is 10.1. The van der Waals surface area contributed by atoms with Gasteiger partial charge in [-0.05, 0) is 31.6 Å². The van der Waals surface area contributed by atoms with Crippen LogP contribution in [0.3, 0.4) is 0 Å². The molecule has 98 valence electrons. The molecule has 1 aliphatic carbocycles. The van der Waals surface area contributed by atoms with E-state index in [1.54, 1.807) is 13.3 Å². The van der Waals surface area contributed by atoms with Crippen molar-refractivity contribution in [1.29, 1.82) is 0 Å². The summed E-state index contributed by atoms with van der Waals surface area (Å²) in [5.41, 5.74) is 1.35. The smallest absolute Gasteiger partial charge is 0.0680 e. The highest BCUT2D eigenvalue weighted by molar-refractivity contribution is 5.52. The molecule has 0 unspecified atom stereocenters. The normalized spacial score (nSPS) is 16.4. The number of aliphatic hydroxyl groups excluding tert-OH is 1. The van der Waals surface area contributed by atoms with Crippen molar-refractivity contribution in [1.82, 2.24) is 0 Å². The highest BCUT2D eigenvalue weighted by atomic mass is 16.5. The summed E-state index contributed by atoms with van der Waals surface area (Å²) in [6, 6.07) is 0. The molecule has 0 aliphatic heterocycles. The summed E-state index contributed by atoms with van der Waals surface area (Å²) in [5, 5.41) is 8.77. The van der Waals surface area contributed by atoms with Gasteiger partial charge in [-0.1, -0.05) is 25.2 Å². The Kier molecular flexibility index (Phi) is 10.9. The maximum Gasteiger partial charge on any atom is 0.0680 e. The van der Waals surface area contributed by atoms with Crippen LogP contribution in [0, 0.1) is 5.92 Å². The van der Waals surface area contributed by atoms with Crippen LogP contribution >= 0.6 is 0 Å². The van der Waals surface area contributed by atoms with Crippen LogP contribution in [0.4, 0.5) is 0 Å². The van der Waals surface area contributed by atoms with Gasteiger partial charge in [-0.25, -0.2) is 0 Å². The molecule has 0 aromatic rings. The maximum atomic E-state index is 8.77. The SMILES string of the molecule is CC=NC.C[C@@H](CO)COCC1=CC=CCC1. The van der Waals surface area contributed by atoms with Crippen LogP contribution in [0.1, 0.15) is 26.7 Å². The third-order valence-corrected chi connectivity index (χ3v) is 2.36. The Morgan fingerprint density at radius 1 is 1.59 bits per heavy atom. The number of ether oxygens (including phenoxy) is 1. The van der Waals surface area contributed by atoms with E-state index in [4.69, 9.17) is 9.84 Å². The first-order valence-electron chi connectivity index (χ1n) is 6.14. The van der Waals surface area contributed by atoms with Gasteiger partial charge in [-0.15, -0.1) is 0 Å². The zero-order valence-corrected chi connectivity index (χ0v) is 11.2. The lowest BCUT2D eigenvalue weighted by Gasteiger charge is -2.12. The molecule has 1 N–H and O–H groups in total. The number of rotatable bonds is 5.